The predicted octanol–water partition coefficient (Wildman–Crippen LogP) is 6.34. The van der Waals surface area contributed by atoms with E-state index in [-0.39, 0.29) is 55.4 Å². The third-order valence-corrected chi connectivity index (χ3v) is 16.2. The monoisotopic (exact) mass is 1050 g/mol. The average molecular weight is 1050 g/mol. The van der Waals surface area contributed by atoms with Crippen molar-refractivity contribution >= 4 is 29.2 Å². The van der Waals surface area contributed by atoms with Crippen LogP contribution in [0.1, 0.15) is 130 Å². The summed E-state index contributed by atoms with van der Waals surface area (Å²) in [5.41, 5.74) is 10.5. The maximum atomic E-state index is 14.6. The van der Waals surface area contributed by atoms with Gasteiger partial charge in [0.2, 0.25) is 5.79 Å². The Balaban J connectivity index is 1.28. The van der Waals surface area contributed by atoms with Crippen LogP contribution < -0.4 is 5.73 Å². The van der Waals surface area contributed by atoms with Gasteiger partial charge in [0.15, 0.2) is 5.78 Å². The molecule has 6 rings (SSSR count). The molecule has 1 aromatic carbocycles. The number of cyclic esters (lactones) is 1. The molecule has 17 nitrogen and oxygen atoms in total. The van der Waals surface area contributed by atoms with Crippen LogP contribution in [0.2, 0.25) is 0 Å². The van der Waals surface area contributed by atoms with Crippen molar-refractivity contribution in [2.45, 2.75) is 179 Å². The summed E-state index contributed by atoms with van der Waals surface area (Å²) in [5.74, 6) is -6.16. The Bertz CT molecular complexity index is 2530. The van der Waals surface area contributed by atoms with Gasteiger partial charge in [0.05, 0.1) is 36.2 Å². The van der Waals surface area contributed by atoms with Crippen LogP contribution in [0, 0.1) is 41.9 Å². The molecule has 0 radical (unpaired) electrons. The van der Waals surface area contributed by atoms with Gasteiger partial charge in [0, 0.05) is 68.5 Å². The second kappa shape index (κ2) is 27.2. The summed E-state index contributed by atoms with van der Waals surface area (Å²) in [6, 6.07) is 5.27. The highest BCUT2D eigenvalue weighted by molar-refractivity contribution is 6.39. The van der Waals surface area contributed by atoms with Crippen molar-refractivity contribution in [1.82, 2.24) is 19.9 Å². The highest BCUT2D eigenvalue weighted by Crippen LogP contribution is 2.40. The zero-order valence-electron chi connectivity index (χ0n) is 45.6. The molecule has 15 atom stereocenters. The molecular formula is C59H81N5O12. The summed E-state index contributed by atoms with van der Waals surface area (Å²) >= 11 is 0. The first-order chi connectivity index (χ1) is 36.2. The lowest BCUT2D eigenvalue weighted by atomic mass is 9.79. The number of piperidine rings is 1. The van der Waals surface area contributed by atoms with Crippen molar-refractivity contribution in [3.05, 3.63) is 83.6 Å². The minimum Gasteiger partial charge on any atom is -0.459 e. The fraction of sp³-hybridized carbons (Fsp3) is 0.610. The van der Waals surface area contributed by atoms with Gasteiger partial charge in [-0.15, -0.1) is 11.5 Å². The lowest BCUT2D eigenvalue weighted by Crippen LogP contribution is -2.61. The molecule has 2 saturated heterocycles. The molecule has 3 aliphatic heterocycles. The summed E-state index contributed by atoms with van der Waals surface area (Å²) in [4.78, 5) is 72.2. The first-order valence-electron chi connectivity index (χ1n) is 27.1. The number of methoxy groups -OCH3 is 2. The Labute approximate surface area is 448 Å². The number of aliphatic hydroxyl groups is 3. The van der Waals surface area contributed by atoms with Gasteiger partial charge in [0.1, 0.15) is 30.1 Å². The molecule has 4 heterocycles. The predicted molar refractivity (Wildman–Crippen MR) is 286 cm³/mol. The molecule has 76 heavy (non-hydrogen) atoms. The molecule has 1 aliphatic carbocycles. The first-order valence-corrected chi connectivity index (χ1v) is 27.1. The van der Waals surface area contributed by atoms with E-state index in [1.54, 1.807) is 41.2 Å². The Morgan fingerprint density at radius 3 is 2.41 bits per heavy atom. The fourth-order valence-electron chi connectivity index (χ4n) is 11.4. The van der Waals surface area contributed by atoms with E-state index in [1.807, 2.05) is 73.2 Å². The molecule has 5 N–H and O–H groups in total. The molecule has 1 saturated carbocycles. The summed E-state index contributed by atoms with van der Waals surface area (Å²) in [7, 11) is 3.20. The standard InChI is InChI=1S/C59H81N5O12/c1-10-41-19-16-20-43(29-41)48-34-61-62-64(48)46-25-23-42(31-52(46)74-9)30-45(60)51-33-49(65)37(4)28-39(6)54(67)55(68)53(66)38(5)27-35(2)17-12-11-13-18-36(3)50(73-8)32-44-24-22-40(7)59(72,76-44)56(69)57(70)63-26-15-14-21-47(63)58(71)75-51/h1,11-13,16-20,28-29,34-35,37-38,40,42,44-47,50-52,54-55,67-68,72H,14-15,21-27,30-33,60H2,2-9H3/b13-11+,17-12+,36-18+,39-28+/t35-,37-,38-,40-,42+,44+,45-,46+,47+,50+,51+,52-,54-,55+,59-/m1/s1. The summed E-state index contributed by atoms with van der Waals surface area (Å²) in [5, 5.41) is 43.1. The van der Waals surface area contributed by atoms with Crippen LogP contribution in [0.25, 0.3) is 11.3 Å². The van der Waals surface area contributed by atoms with Crippen LogP contribution >= 0.6 is 0 Å². The number of ether oxygens (including phenoxy) is 4. The smallest absolute Gasteiger partial charge is 0.329 e. The minimum atomic E-state index is -2.48. The number of hydrogen-bond donors (Lipinski definition) is 4. The first kappa shape index (κ1) is 59.8. The Morgan fingerprint density at radius 1 is 0.921 bits per heavy atom. The van der Waals surface area contributed by atoms with Gasteiger partial charge in [-0.1, -0.05) is 87.4 Å². The number of carbonyl (C=O) groups is 5. The van der Waals surface area contributed by atoms with Gasteiger partial charge in [-0.3, -0.25) is 19.2 Å². The molecule has 1 aromatic heterocycles. The zero-order chi connectivity index (χ0) is 55.4. The topological polar surface area (TPSA) is 243 Å². The van der Waals surface area contributed by atoms with Gasteiger partial charge >= 0.3 is 5.97 Å². The van der Waals surface area contributed by atoms with Gasteiger partial charge in [0.25, 0.3) is 11.7 Å². The number of hydrogen-bond acceptors (Lipinski definition) is 15. The lowest BCUT2D eigenvalue weighted by molar-refractivity contribution is -0.265. The number of Topliss-reactive ketones (excluding diaryl/α,β-unsaturated/α-hetero) is 3. The van der Waals surface area contributed by atoms with Crippen LogP contribution in [-0.2, 0) is 42.9 Å². The molecule has 414 valence electrons. The van der Waals surface area contributed by atoms with Gasteiger partial charge < -0.3 is 44.9 Å². The number of aromatic nitrogens is 3. The van der Waals surface area contributed by atoms with Crippen molar-refractivity contribution in [2.75, 3.05) is 20.8 Å². The Hall–Kier alpha value is -5.45. The third kappa shape index (κ3) is 14.6. The fourth-order valence-corrected chi connectivity index (χ4v) is 11.4. The van der Waals surface area contributed by atoms with Crippen LogP contribution in [0.3, 0.4) is 0 Å². The molecule has 4 aliphatic rings. The molecular weight excluding hydrogens is 971 g/mol. The van der Waals surface area contributed by atoms with E-state index in [2.05, 4.69) is 16.2 Å². The maximum Gasteiger partial charge on any atom is 0.329 e. The van der Waals surface area contributed by atoms with Crippen molar-refractivity contribution in [3.63, 3.8) is 0 Å². The number of benzene rings is 1. The number of nitrogens with two attached hydrogens (primary N) is 1. The summed E-state index contributed by atoms with van der Waals surface area (Å²) in [6.45, 7) is 10.4. The molecule has 3 fully saturated rings. The normalized spacial score (nSPS) is 36.1. The number of allylic oxidation sites excluding steroid dienone is 6. The van der Waals surface area contributed by atoms with E-state index in [0.717, 1.165) is 27.3 Å². The van der Waals surface area contributed by atoms with Gasteiger partial charge in [-0.2, -0.15) is 0 Å². The number of carbonyl (C=O) groups excluding carboxylic acids is 5. The summed E-state index contributed by atoms with van der Waals surface area (Å²) < 4.78 is 26.2. The second-order valence-corrected chi connectivity index (χ2v) is 21.9. The van der Waals surface area contributed by atoms with Crippen molar-refractivity contribution in [2.24, 2.45) is 35.3 Å². The number of terminal acetylenes is 1. The van der Waals surface area contributed by atoms with Gasteiger partial charge in [-0.05, 0) is 113 Å². The van der Waals surface area contributed by atoms with Gasteiger partial charge in [-0.25, -0.2) is 9.48 Å². The van der Waals surface area contributed by atoms with Crippen molar-refractivity contribution < 1.29 is 58.2 Å². The number of fused-ring (bicyclic) bond motifs is 3. The van der Waals surface area contributed by atoms with Crippen molar-refractivity contribution in [1.29, 1.82) is 0 Å². The third-order valence-electron chi connectivity index (χ3n) is 16.2. The average Bonchev–Trinajstić information content (AvgIpc) is 3.92. The lowest BCUT2D eigenvalue weighted by Gasteiger charge is -2.42. The van der Waals surface area contributed by atoms with Crippen LogP contribution in [0.5, 0.6) is 0 Å². The quantitative estimate of drug-likeness (QED) is 0.102. The number of ketones is 3. The molecule has 2 bridgehead atoms. The molecule has 0 unspecified atom stereocenters. The highest BCUT2D eigenvalue weighted by atomic mass is 16.6. The number of rotatable bonds is 7. The van der Waals surface area contributed by atoms with E-state index < -0.39 is 95.4 Å². The van der Waals surface area contributed by atoms with E-state index >= 15 is 0 Å². The maximum absolute atomic E-state index is 14.6. The molecule has 2 aromatic rings. The van der Waals surface area contributed by atoms with Crippen LogP contribution in [0.4, 0.5) is 0 Å². The highest BCUT2D eigenvalue weighted by Gasteiger charge is 2.53. The SMILES string of the molecule is C#Cc1cccc(-c2cnnn2[C@H]2CC[C@@H](C[C@@H](N)[C@@H]3CC(=O)[C@H](C)/C=C(\C)[C@@H](O)[C@@H](O)C(=O)[C@H](C)C[C@H](C)/C=C/C=C/C=C(\C)[C@@H](OC)C[C@@H]4CC[C@@H](C)[C@@](O)(O4)C(=O)C(=O)N4CCCC[C@H]4C(=O)O3)C[C@H]2OC)c1. The number of nitrogens with zero attached hydrogens (tertiary/aromatic N) is 4. The number of amides is 1. The second-order valence-electron chi connectivity index (χ2n) is 21.9. The van der Waals surface area contributed by atoms with Crippen LogP contribution in [-0.4, -0.2) is 140 Å². The Morgan fingerprint density at radius 2 is 1.68 bits per heavy atom. The summed E-state index contributed by atoms with van der Waals surface area (Å²) in [6.07, 6.45) is 16.9. The molecule has 17 heteroatoms. The van der Waals surface area contributed by atoms with Crippen LogP contribution in [0.15, 0.2) is 78.1 Å². The largest absolute Gasteiger partial charge is 0.459 e. The van der Waals surface area contributed by atoms with E-state index in [0.29, 0.717) is 57.8 Å². The molecule has 0 spiro atoms. The number of aliphatic hydroxyl groups excluding tert-OH is 2. The van der Waals surface area contributed by atoms with Crippen molar-refractivity contribution in [3.8, 4) is 23.6 Å². The number of esters is 1. The minimum absolute atomic E-state index is 0.0340. The molecule has 1 amide bonds. The zero-order valence-corrected chi connectivity index (χ0v) is 45.6. The Kier molecular flexibility index (Phi) is 21.4. The van der Waals surface area contributed by atoms with E-state index in [9.17, 15) is 39.3 Å². The van der Waals surface area contributed by atoms with E-state index in [4.69, 9.17) is 31.1 Å². The van der Waals surface area contributed by atoms with E-state index in [1.165, 1.54) is 13.0 Å².